The quantitative estimate of drug-likeness (QED) is 0.528. The van der Waals surface area contributed by atoms with Gasteiger partial charge in [0.25, 0.3) is 5.91 Å². The van der Waals surface area contributed by atoms with Crippen molar-refractivity contribution in [3.63, 3.8) is 0 Å². The Morgan fingerprint density at radius 2 is 1.90 bits per heavy atom. The van der Waals surface area contributed by atoms with E-state index in [-0.39, 0.29) is 19.1 Å². The molecule has 0 atom stereocenters. The predicted octanol–water partition coefficient (Wildman–Crippen LogP) is 0.679. The Balaban J connectivity index is 3.15. The van der Waals surface area contributed by atoms with E-state index in [9.17, 15) is 15.0 Å². The lowest BCUT2D eigenvalue weighted by atomic mass is 9.98. The highest BCUT2D eigenvalue weighted by Gasteiger charge is 2.30. The molecule has 0 saturated carbocycles. The average Bonchev–Trinajstić information content (AvgIpc) is 2.43. The normalized spacial score (nSPS) is 11.5. The number of amides is 1. The van der Waals surface area contributed by atoms with Crippen molar-refractivity contribution in [3.8, 4) is 0 Å². The largest absolute Gasteiger partial charge is 0.394 e. The Bertz CT molecular complexity index is 482. The highest BCUT2D eigenvalue weighted by molar-refractivity contribution is 7.98. The zero-order chi connectivity index (χ0) is 15.3. The summed E-state index contributed by atoms with van der Waals surface area (Å²) in [6.45, 7) is 4.65. The number of nitrogens with zero attached hydrogens (tertiary/aromatic N) is 2. The van der Waals surface area contributed by atoms with Crippen LogP contribution in [-0.2, 0) is 0 Å². The smallest absolute Gasteiger partial charge is 0.256 e. The number of carbonyl (C=O) groups is 1. The van der Waals surface area contributed by atoms with E-state index in [1.807, 2.05) is 6.26 Å². The molecule has 1 aromatic heterocycles. The number of nitrogens with one attached hydrogen (secondary N) is 1. The van der Waals surface area contributed by atoms with E-state index in [0.29, 0.717) is 28.5 Å². The third kappa shape index (κ3) is 3.47. The number of carbonyl (C=O) groups excluding carboxylic acids is 1. The number of rotatable bonds is 6. The summed E-state index contributed by atoms with van der Waals surface area (Å²) in [7, 11) is 0. The van der Waals surface area contributed by atoms with Crippen LogP contribution in [0.4, 0.5) is 0 Å². The van der Waals surface area contributed by atoms with Crippen molar-refractivity contribution in [3.05, 3.63) is 17.1 Å². The summed E-state index contributed by atoms with van der Waals surface area (Å²) in [4.78, 5) is 20.9. The zero-order valence-corrected chi connectivity index (χ0v) is 13.0. The molecule has 3 N–H and O–H groups in total. The molecule has 0 saturated heterocycles. The molecule has 1 amide bonds. The molecular formula is C13H21N3O3S. The van der Waals surface area contributed by atoms with Crippen LogP contribution in [0.5, 0.6) is 0 Å². The first-order chi connectivity index (χ1) is 9.42. The van der Waals surface area contributed by atoms with Crippen LogP contribution in [0, 0.1) is 13.8 Å². The van der Waals surface area contributed by atoms with Crippen molar-refractivity contribution in [2.24, 2.45) is 0 Å². The number of hydrogen-bond acceptors (Lipinski definition) is 6. The van der Waals surface area contributed by atoms with Crippen molar-refractivity contribution >= 4 is 17.7 Å². The topological polar surface area (TPSA) is 95.3 Å². The van der Waals surface area contributed by atoms with Crippen LogP contribution in [0.2, 0.25) is 0 Å². The maximum absolute atomic E-state index is 12.4. The van der Waals surface area contributed by atoms with Crippen LogP contribution in [0.3, 0.4) is 0 Å². The fourth-order valence-corrected chi connectivity index (χ4v) is 2.50. The summed E-state index contributed by atoms with van der Waals surface area (Å²) in [6.07, 6.45) is 2.26. The van der Waals surface area contributed by atoms with Gasteiger partial charge in [-0.2, -0.15) is 0 Å². The van der Waals surface area contributed by atoms with E-state index in [0.717, 1.165) is 0 Å². The lowest BCUT2D eigenvalue weighted by Gasteiger charge is -2.30. The van der Waals surface area contributed by atoms with Crippen LogP contribution in [0.25, 0.3) is 0 Å². The lowest BCUT2D eigenvalue weighted by Crippen LogP contribution is -2.54. The van der Waals surface area contributed by atoms with Crippen LogP contribution in [0.1, 0.15) is 35.2 Å². The Kier molecular flexibility index (Phi) is 5.91. The third-order valence-corrected chi connectivity index (χ3v) is 3.93. The van der Waals surface area contributed by atoms with Gasteiger partial charge in [0.15, 0.2) is 0 Å². The van der Waals surface area contributed by atoms with Crippen molar-refractivity contribution in [1.29, 1.82) is 0 Å². The Morgan fingerprint density at radius 1 is 1.30 bits per heavy atom. The van der Waals surface area contributed by atoms with E-state index in [1.54, 1.807) is 20.8 Å². The second-order valence-corrected chi connectivity index (χ2v) is 5.44. The van der Waals surface area contributed by atoms with E-state index in [2.05, 4.69) is 15.3 Å². The molecule has 1 rings (SSSR count). The van der Waals surface area contributed by atoms with Crippen LogP contribution in [-0.4, -0.2) is 51.1 Å². The molecule has 0 spiro atoms. The zero-order valence-electron chi connectivity index (χ0n) is 12.2. The molecule has 0 aliphatic rings. The molecule has 0 aliphatic heterocycles. The fraction of sp³-hybridized carbons (Fsp3) is 0.615. The van der Waals surface area contributed by atoms with Gasteiger partial charge in [-0.3, -0.25) is 4.79 Å². The van der Waals surface area contributed by atoms with Crippen LogP contribution in [0.15, 0.2) is 5.03 Å². The van der Waals surface area contributed by atoms with Gasteiger partial charge < -0.3 is 15.5 Å². The lowest BCUT2D eigenvalue weighted by molar-refractivity contribution is 0.0649. The standard InChI is InChI=1S/C13H21N3O3S/c1-5-13(6-17,7-18)16-11(19)10-8(2)14-9(3)15-12(10)20-4/h17-18H,5-7H2,1-4H3,(H,16,19). The molecule has 0 unspecified atom stereocenters. The average molecular weight is 299 g/mol. The fourth-order valence-electron chi connectivity index (χ4n) is 1.83. The van der Waals surface area contributed by atoms with Crippen molar-refractivity contribution < 1.29 is 15.0 Å². The SMILES string of the molecule is CCC(CO)(CO)NC(=O)c1c(C)nc(C)nc1SC. The maximum Gasteiger partial charge on any atom is 0.256 e. The van der Waals surface area contributed by atoms with Crippen LogP contribution < -0.4 is 5.32 Å². The number of hydrogen-bond donors (Lipinski definition) is 3. The monoisotopic (exact) mass is 299 g/mol. The summed E-state index contributed by atoms with van der Waals surface area (Å²) >= 11 is 1.36. The van der Waals surface area contributed by atoms with Gasteiger partial charge in [0.1, 0.15) is 10.9 Å². The number of thioether (sulfide) groups is 1. The van der Waals surface area contributed by atoms with Crippen molar-refractivity contribution in [1.82, 2.24) is 15.3 Å². The van der Waals surface area contributed by atoms with E-state index >= 15 is 0 Å². The minimum Gasteiger partial charge on any atom is -0.394 e. The molecule has 0 radical (unpaired) electrons. The van der Waals surface area contributed by atoms with Crippen LogP contribution >= 0.6 is 11.8 Å². The van der Waals surface area contributed by atoms with Gasteiger partial charge in [-0.05, 0) is 26.5 Å². The summed E-state index contributed by atoms with van der Waals surface area (Å²) in [6, 6.07) is 0. The molecule has 0 aliphatic carbocycles. The van der Waals surface area contributed by atoms with E-state index in [1.165, 1.54) is 11.8 Å². The van der Waals surface area contributed by atoms with Crippen molar-refractivity contribution in [2.45, 2.75) is 37.8 Å². The molecule has 112 valence electrons. The molecule has 7 heteroatoms. The molecule has 0 bridgehead atoms. The number of aromatic nitrogens is 2. The van der Waals surface area contributed by atoms with E-state index in [4.69, 9.17) is 0 Å². The molecule has 0 fully saturated rings. The summed E-state index contributed by atoms with van der Waals surface area (Å²) < 4.78 is 0. The Labute approximate surface area is 123 Å². The minimum atomic E-state index is -1.02. The molecular weight excluding hydrogens is 278 g/mol. The number of aliphatic hydroxyl groups excluding tert-OH is 2. The van der Waals surface area contributed by atoms with Gasteiger partial charge >= 0.3 is 0 Å². The van der Waals surface area contributed by atoms with Gasteiger partial charge in [0.2, 0.25) is 0 Å². The maximum atomic E-state index is 12.4. The Hall–Kier alpha value is -1.18. The second kappa shape index (κ2) is 7.01. The predicted molar refractivity (Wildman–Crippen MR) is 77.9 cm³/mol. The first kappa shape index (κ1) is 16.9. The number of aliphatic hydroxyl groups is 2. The van der Waals surface area contributed by atoms with Gasteiger partial charge in [-0.25, -0.2) is 9.97 Å². The van der Waals surface area contributed by atoms with Gasteiger partial charge in [-0.15, -0.1) is 11.8 Å². The van der Waals surface area contributed by atoms with Gasteiger partial charge in [0.05, 0.1) is 30.0 Å². The van der Waals surface area contributed by atoms with Crippen molar-refractivity contribution in [2.75, 3.05) is 19.5 Å². The molecule has 1 heterocycles. The molecule has 1 aromatic rings. The van der Waals surface area contributed by atoms with Gasteiger partial charge in [0, 0.05) is 0 Å². The highest BCUT2D eigenvalue weighted by atomic mass is 32.2. The second-order valence-electron chi connectivity index (χ2n) is 4.64. The minimum absolute atomic E-state index is 0.327. The Morgan fingerprint density at radius 3 is 2.35 bits per heavy atom. The number of aryl methyl sites for hydroxylation is 2. The third-order valence-electron chi connectivity index (χ3n) is 3.25. The molecule has 0 aromatic carbocycles. The summed E-state index contributed by atoms with van der Waals surface area (Å²) in [5.74, 6) is 0.228. The highest BCUT2D eigenvalue weighted by Crippen LogP contribution is 2.21. The first-order valence-corrected chi connectivity index (χ1v) is 7.59. The first-order valence-electron chi connectivity index (χ1n) is 6.36. The van der Waals surface area contributed by atoms with Gasteiger partial charge in [-0.1, -0.05) is 6.92 Å². The summed E-state index contributed by atoms with van der Waals surface area (Å²) in [5, 5.41) is 22.1. The van der Waals surface area contributed by atoms with E-state index < -0.39 is 5.54 Å². The molecule has 6 nitrogen and oxygen atoms in total. The summed E-state index contributed by atoms with van der Waals surface area (Å²) in [5.41, 5.74) is -0.0487. The molecule has 20 heavy (non-hydrogen) atoms.